The molecule has 0 fully saturated rings. The predicted octanol–water partition coefficient (Wildman–Crippen LogP) is 0.484. The number of alkyl halides is 1. The summed E-state index contributed by atoms with van der Waals surface area (Å²) in [4.78, 5) is 23.1. The third-order valence-corrected chi connectivity index (χ3v) is 2.29. The summed E-state index contributed by atoms with van der Waals surface area (Å²) in [6.07, 6.45) is 2.17. The molecule has 1 aromatic rings. The molecule has 0 amide bonds. The molecule has 14 heavy (non-hydrogen) atoms. The highest BCUT2D eigenvalue weighted by atomic mass is 35.5. The maximum atomic E-state index is 11.6. The number of hydrogen-bond acceptors (Lipinski definition) is 2. The third-order valence-electron chi connectivity index (χ3n) is 2.02. The van der Waals surface area contributed by atoms with Crippen molar-refractivity contribution in [3.8, 4) is 0 Å². The molecule has 0 saturated carbocycles. The molecular weight excluding hydrogens is 204 g/mol. The van der Waals surface area contributed by atoms with E-state index in [0.29, 0.717) is 24.4 Å². The molecule has 0 spiro atoms. The molecule has 0 radical (unpaired) electrons. The highest BCUT2D eigenvalue weighted by molar-refractivity contribution is 6.17. The van der Waals surface area contributed by atoms with Crippen LogP contribution < -0.4 is 11.2 Å². The fraction of sp³-hybridized carbons (Fsp3) is 0.556. The van der Waals surface area contributed by atoms with Crippen molar-refractivity contribution in [1.82, 2.24) is 9.13 Å². The minimum Gasteiger partial charge on any atom is -0.303 e. The first-order chi connectivity index (χ1) is 6.57. The molecule has 78 valence electrons. The summed E-state index contributed by atoms with van der Waals surface area (Å²) in [6, 6.07) is 0. The molecule has 0 atom stereocenters. The van der Waals surface area contributed by atoms with E-state index in [4.69, 9.17) is 11.6 Å². The van der Waals surface area contributed by atoms with E-state index in [0.717, 1.165) is 0 Å². The second-order valence-electron chi connectivity index (χ2n) is 3.20. The van der Waals surface area contributed by atoms with Gasteiger partial charge in [0.05, 0.1) is 0 Å². The Morgan fingerprint density at radius 1 is 1.43 bits per heavy atom. The van der Waals surface area contributed by atoms with Crippen LogP contribution in [0.3, 0.4) is 0 Å². The molecule has 0 aromatic carbocycles. The largest absolute Gasteiger partial charge is 0.330 e. The summed E-state index contributed by atoms with van der Waals surface area (Å²) >= 11 is 5.51. The summed E-state index contributed by atoms with van der Waals surface area (Å²) in [6.45, 7) is 2.08. The first-order valence-electron chi connectivity index (χ1n) is 4.41. The fourth-order valence-corrected chi connectivity index (χ4v) is 1.43. The Morgan fingerprint density at radius 2 is 2.07 bits per heavy atom. The standard InChI is InChI=1S/C9H13ClN2O2/c1-7-6-11(2)9(14)12(8(7)13)5-3-4-10/h6H,3-5H2,1-2H3. The maximum Gasteiger partial charge on any atom is 0.330 e. The van der Waals surface area contributed by atoms with E-state index in [1.165, 1.54) is 9.13 Å². The molecule has 0 bridgehead atoms. The molecule has 0 unspecified atom stereocenters. The van der Waals surface area contributed by atoms with Gasteiger partial charge < -0.3 is 4.57 Å². The lowest BCUT2D eigenvalue weighted by atomic mass is 10.3. The van der Waals surface area contributed by atoms with Crippen molar-refractivity contribution in [2.45, 2.75) is 19.9 Å². The quantitative estimate of drug-likeness (QED) is 0.690. The van der Waals surface area contributed by atoms with Crippen molar-refractivity contribution in [3.63, 3.8) is 0 Å². The molecule has 0 aliphatic carbocycles. The van der Waals surface area contributed by atoms with Crippen molar-refractivity contribution >= 4 is 11.6 Å². The van der Waals surface area contributed by atoms with Crippen LogP contribution in [0.2, 0.25) is 0 Å². The van der Waals surface area contributed by atoms with Gasteiger partial charge >= 0.3 is 5.69 Å². The summed E-state index contributed by atoms with van der Waals surface area (Å²) in [7, 11) is 1.63. The van der Waals surface area contributed by atoms with E-state index in [1.807, 2.05) is 0 Å². The van der Waals surface area contributed by atoms with Gasteiger partial charge in [0, 0.05) is 31.2 Å². The number of aryl methyl sites for hydroxylation is 2. The zero-order valence-corrected chi connectivity index (χ0v) is 9.04. The molecule has 1 heterocycles. The van der Waals surface area contributed by atoms with Crippen molar-refractivity contribution < 1.29 is 0 Å². The zero-order chi connectivity index (χ0) is 10.7. The Bertz CT molecular complexity index is 399. The van der Waals surface area contributed by atoms with Gasteiger partial charge in [0.2, 0.25) is 0 Å². The minimum absolute atomic E-state index is 0.224. The van der Waals surface area contributed by atoms with E-state index < -0.39 is 0 Å². The molecular formula is C9H13ClN2O2. The van der Waals surface area contributed by atoms with Gasteiger partial charge in [-0.3, -0.25) is 9.36 Å². The normalized spacial score (nSPS) is 10.5. The molecule has 5 heteroatoms. The Morgan fingerprint density at radius 3 is 2.64 bits per heavy atom. The number of aromatic nitrogens is 2. The summed E-state index contributed by atoms with van der Waals surface area (Å²) < 4.78 is 2.63. The van der Waals surface area contributed by atoms with E-state index in [9.17, 15) is 9.59 Å². The lowest BCUT2D eigenvalue weighted by molar-refractivity contribution is 0.578. The lowest BCUT2D eigenvalue weighted by Gasteiger charge is -2.06. The van der Waals surface area contributed by atoms with E-state index >= 15 is 0 Å². The van der Waals surface area contributed by atoms with Gasteiger partial charge in [0.25, 0.3) is 5.56 Å². The van der Waals surface area contributed by atoms with Crippen LogP contribution in [0, 0.1) is 6.92 Å². The molecule has 0 N–H and O–H groups in total. The van der Waals surface area contributed by atoms with Crippen molar-refractivity contribution in [2.75, 3.05) is 5.88 Å². The molecule has 0 aliphatic heterocycles. The Labute approximate surface area is 86.7 Å². The van der Waals surface area contributed by atoms with Crippen LogP contribution in [-0.2, 0) is 13.6 Å². The van der Waals surface area contributed by atoms with Gasteiger partial charge in [0.1, 0.15) is 0 Å². The van der Waals surface area contributed by atoms with Gasteiger partial charge in [-0.25, -0.2) is 4.79 Å². The average molecular weight is 217 g/mol. The minimum atomic E-state index is -0.286. The Balaban J connectivity index is 3.26. The second kappa shape index (κ2) is 4.46. The first-order valence-corrected chi connectivity index (χ1v) is 4.94. The molecule has 0 saturated heterocycles. The highest BCUT2D eigenvalue weighted by Crippen LogP contribution is 1.89. The molecule has 0 aliphatic rings. The zero-order valence-electron chi connectivity index (χ0n) is 8.29. The van der Waals surface area contributed by atoms with Crippen molar-refractivity contribution in [1.29, 1.82) is 0 Å². The Hall–Kier alpha value is -1.03. The predicted molar refractivity (Wildman–Crippen MR) is 56.0 cm³/mol. The lowest BCUT2D eigenvalue weighted by Crippen LogP contribution is -2.39. The van der Waals surface area contributed by atoms with Crippen LogP contribution in [0.4, 0.5) is 0 Å². The molecule has 4 nitrogen and oxygen atoms in total. The molecule has 1 aromatic heterocycles. The summed E-state index contributed by atoms with van der Waals surface area (Å²) in [5.41, 5.74) is 0.0607. The monoisotopic (exact) mass is 216 g/mol. The molecule has 1 rings (SSSR count). The van der Waals surface area contributed by atoms with Crippen LogP contribution in [0.1, 0.15) is 12.0 Å². The van der Waals surface area contributed by atoms with Crippen LogP contribution in [-0.4, -0.2) is 15.0 Å². The van der Waals surface area contributed by atoms with E-state index in [2.05, 4.69) is 0 Å². The highest BCUT2D eigenvalue weighted by Gasteiger charge is 2.05. The first kappa shape index (κ1) is 11.0. The van der Waals surface area contributed by atoms with Crippen LogP contribution >= 0.6 is 11.6 Å². The van der Waals surface area contributed by atoms with Gasteiger partial charge in [-0.1, -0.05) is 0 Å². The van der Waals surface area contributed by atoms with Crippen LogP contribution in [0.5, 0.6) is 0 Å². The SMILES string of the molecule is Cc1cn(C)c(=O)n(CCCCl)c1=O. The van der Waals surface area contributed by atoms with Gasteiger partial charge in [-0.2, -0.15) is 0 Å². The van der Waals surface area contributed by atoms with E-state index in [-0.39, 0.29) is 11.2 Å². The van der Waals surface area contributed by atoms with Gasteiger partial charge in [-0.15, -0.1) is 11.6 Å². The number of halogens is 1. The smallest absolute Gasteiger partial charge is 0.303 e. The van der Waals surface area contributed by atoms with Crippen molar-refractivity contribution in [3.05, 3.63) is 32.6 Å². The fourth-order valence-electron chi connectivity index (χ4n) is 1.31. The Kier molecular flexibility index (Phi) is 3.52. The maximum absolute atomic E-state index is 11.6. The summed E-state index contributed by atoms with van der Waals surface area (Å²) in [5, 5.41) is 0. The number of hydrogen-bond donors (Lipinski definition) is 0. The topological polar surface area (TPSA) is 44.0 Å². The summed E-state index contributed by atoms with van der Waals surface area (Å²) in [5.74, 6) is 0.448. The van der Waals surface area contributed by atoms with Crippen molar-refractivity contribution in [2.24, 2.45) is 7.05 Å². The third kappa shape index (κ3) is 2.07. The number of rotatable bonds is 3. The van der Waals surface area contributed by atoms with Gasteiger partial charge in [-0.05, 0) is 13.3 Å². The number of nitrogens with zero attached hydrogens (tertiary/aromatic N) is 2. The van der Waals surface area contributed by atoms with Gasteiger partial charge in [0.15, 0.2) is 0 Å². The van der Waals surface area contributed by atoms with E-state index in [1.54, 1.807) is 20.2 Å². The van der Waals surface area contributed by atoms with Crippen LogP contribution in [0.15, 0.2) is 15.8 Å². The van der Waals surface area contributed by atoms with Crippen LogP contribution in [0.25, 0.3) is 0 Å². The average Bonchev–Trinajstić information content (AvgIpc) is 2.15. The second-order valence-corrected chi connectivity index (χ2v) is 3.58.